The Balaban J connectivity index is 0.000000483. The van der Waals surface area contributed by atoms with Gasteiger partial charge in [0.2, 0.25) is 29.5 Å². The van der Waals surface area contributed by atoms with Crippen molar-refractivity contribution < 1.29 is 109 Å². The van der Waals surface area contributed by atoms with Gasteiger partial charge in [0.15, 0.2) is 6.29 Å². The number of nitrogens with zero attached hydrogens (tertiary/aromatic N) is 10. The number of hydrogen-bond acceptors (Lipinski definition) is 25. The number of halogens is 8. The number of nitrogens with two attached hydrogens (primary N) is 1. The van der Waals surface area contributed by atoms with E-state index in [-0.39, 0.29) is 112 Å². The van der Waals surface area contributed by atoms with Crippen LogP contribution in [0.2, 0.25) is 0 Å². The summed E-state index contributed by atoms with van der Waals surface area (Å²) in [6.45, 7) is 9.07. The van der Waals surface area contributed by atoms with Crippen molar-refractivity contribution in [1.82, 2.24) is 44.8 Å². The van der Waals surface area contributed by atoms with Gasteiger partial charge in [-0.05, 0) is 89.2 Å². The minimum atomic E-state index is -4.83. The molecule has 0 spiro atoms. The van der Waals surface area contributed by atoms with Crippen molar-refractivity contribution in [3.05, 3.63) is 127 Å². The number of alkyl halides is 8. The molecule has 0 unspecified atom stereocenters. The van der Waals surface area contributed by atoms with E-state index in [4.69, 9.17) is 28.9 Å². The number of benzene rings is 2. The van der Waals surface area contributed by atoms with Crippen LogP contribution in [0.5, 0.6) is 11.5 Å². The first-order chi connectivity index (χ1) is 44.9. The molecule has 4 aromatic heterocycles. The third kappa shape index (κ3) is 32.5. The smallest absolute Gasteiger partial charge is 0.793 e. The van der Waals surface area contributed by atoms with E-state index < -0.39 is 40.5 Å². The quantitative estimate of drug-likeness (QED) is 0.00840. The number of aldehydes is 1. The largest absolute Gasteiger partial charge is 1.00 e. The average Bonchev–Trinajstić information content (AvgIpc) is 1.25. The number of carbonyl (C=O) groups excluding carboxylic acids is 4. The second-order valence-corrected chi connectivity index (χ2v) is 21.5. The molecule has 8 rings (SSSR count). The van der Waals surface area contributed by atoms with Gasteiger partial charge in [0, 0.05) is 108 Å². The van der Waals surface area contributed by atoms with Crippen LogP contribution in [-0.4, -0.2) is 125 Å². The van der Waals surface area contributed by atoms with Gasteiger partial charge in [-0.2, -0.15) is 20.2 Å². The van der Waals surface area contributed by atoms with Crippen LogP contribution >= 0.6 is 23.2 Å². The average molecular weight is 1410 g/mol. The zero-order valence-corrected chi connectivity index (χ0v) is 57.2. The molecule has 6 aromatic rings. The van der Waals surface area contributed by atoms with Crippen LogP contribution in [-0.2, 0) is 62.5 Å². The standard InChI is InChI=1S/C25H31F3N8O3.C19H23F3N6O3.C6H8N2O.C4H6O4.C2H3BO2.CH2Cl2.Na/c1-16-19(14-33-35(16)2)13-29-20-9-7-17(8-10-20)11-30-23-21(36(37)38)15-32-24(34-23)31-12-18-5-3-4-6-22(18)39-25(26,27)28;20-19(21,22)31-16-4-2-1-3-13(16)10-25-18-26-11-15(28(29)30)17(27-18)24-9-12-5-7-14(23)8-6-12;1-5-6(4-9)3-7-8(5)2;1-3(5)7-8-4(2)6;1-2(4)5-3;2-1-3;/h3-6,14-15,17,20,29H,7-13H2,1-2H3,(H2,30,31,32,34);1-4,11-12,14H,5-10,23H2,(H2,24,25,26,27);3-4H,1-2H3;1-2H3;1H3;1H2;/q;;;;-1;;+1. The van der Waals surface area contributed by atoms with E-state index in [1.165, 1.54) is 48.9 Å². The van der Waals surface area contributed by atoms with Crippen molar-refractivity contribution in [1.29, 1.82) is 0 Å². The van der Waals surface area contributed by atoms with Gasteiger partial charge in [-0.3, -0.25) is 39.2 Å². The molecule has 0 amide bonds. The van der Waals surface area contributed by atoms with Gasteiger partial charge in [0.1, 0.15) is 23.9 Å². The Morgan fingerprint density at radius 3 is 1.38 bits per heavy atom. The van der Waals surface area contributed by atoms with Gasteiger partial charge < -0.3 is 54.5 Å². The van der Waals surface area contributed by atoms with E-state index in [1.807, 2.05) is 38.8 Å². The monoisotopic (exact) mass is 1410 g/mol. The third-order valence-corrected chi connectivity index (χ3v) is 13.8. The molecule has 2 aliphatic rings. The SMILES string of the molecule is CC(=O)OOC(C)=O.Cc1c(C=O)cnn1C.Cc1c(CNC2CCC(CNc3nc(NCc4ccccc4OC(F)(F)F)ncc3[N+](=O)[O-])CC2)cnn1C.ClCCl.NC1CCC(CNc2nc(NCc3ccccc3OC(F)(F)F)ncc2[N+](=O)[O-])CC1.[B-]OC(C)=O.[Na+]. The van der Waals surface area contributed by atoms with Gasteiger partial charge in [-0.25, -0.2) is 29.3 Å². The molecule has 7 N–H and O–H groups in total. The Labute approximate surface area is 581 Å². The first-order valence-corrected chi connectivity index (χ1v) is 29.8. The van der Waals surface area contributed by atoms with E-state index in [9.17, 15) is 65.7 Å². The van der Waals surface area contributed by atoms with Crippen LogP contribution in [0, 0.1) is 45.9 Å². The Kier molecular flexibility index (Phi) is 37.7. The first-order valence-electron chi connectivity index (χ1n) is 28.8. The molecule has 0 aliphatic heterocycles. The molecule has 519 valence electrons. The fourth-order valence-corrected chi connectivity index (χ4v) is 8.71. The van der Waals surface area contributed by atoms with Gasteiger partial charge >= 0.3 is 65.6 Å². The second kappa shape index (κ2) is 43.1. The molecule has 3 radical (unpaired) electrons. The van der Waals surface area contributed by atoms with Crippen molar-refractivity contribution in [2.24, 2.45) is 31.7 Å². The third-order valence-electron chi connectivity index (χ3n) is 13.8. The summed E-state index contributed by atoms with van der Waals surface area (Å²) in [5, 5.41) is 46.5. The number of aromatic nitrogens is 8. The maximum absolute atomic E-state index is 12.7. The van der Waals surface area contributed by atoms with E-state index in [0.717, 1.165) is 102 Å². The molecular weight excluding hydrogens is 1340 g/mol. The molecule has 0 bridgehead atoms. The number of nitrogens with one attached hydrogen (secondary N) is 5. The summed E-state index contributed by atoms with van der Waals surface area (Å²) >= 11 is 9.53. The number of para-hydroxylation sites is 2. The maximum atomic E-state index is 12.7. The molecular formula is C57H73BCl2F6N16NaO13. The summed E-state index contributed by atoms with van der Waals surface area (Å²) in [4.78, 5) is 84.9. The van der Waals surface area contributed by atoms with E-state index in [1.54, 1.807) is 23.0 Å². The zero-order valence-electron chi connectivity index (χ0n) is 53.7. The normalized spacial score (nSPS) is 15.3. The van der Waals surface area contributed by atoms with Crippen LogP contribution < -0.4 is 71.3 Å². The Bertz CT molecular complexity index is 3390. The Morgan fingerprint density at radius 1 is 0.646 bits per heavy atom. The van der Waals surface area contributed by atoms with Crippen molar-refractivity contribution in [3.8, 4) is 11.5 Å². The summed E-state index contributed by atoms with van der Waals surface area (Å²) in [6, 6.07) is 11.9. The summed E-state index contributed by atoms with van der Waals surface area (Å²) < 4.78 is 91.0. The summed E-state index contributed by atoms with van der Waals surface area (Å²) in [5.41, 5.74) is 9.70. The van der Waals surface area contributed by atoms with Crippen LogP contribution in [0.4, 0.5) is 61.2 Å². The second-order valence-electron chi connectivity index (χ2n) is 20.7. The van der Waals surface area contributed by atoms with E-state index >= 15 is 0 Å². The van der Waals surface area contributed by atoms with E-state index in [2.05, 4.69) is 88.7 Å². The van der Waals surface area contributed by atoms with Crippen LogP contribution in [0.1, 0.15) is 111 Å². The molecule has 29 nitrogen and oxygen atoms in total. The number of aryl methyl sites for hydroxylation is 2. The van der Waals surface area contributed by atoms with Crippen molar-refractivity contribution in [2.45, 2.75) is 130 Å². The number of carbonyl (C=O) groups is 4. The fourth-order valence-electron chi connectivity index (χ4n) is 8.71. The van der Waals surface area contributed by atoms with Gasteiger partial charge in [0.25, 0.3) is 0 Å². The molecule has 2 aliphatic carbocycles. The van der Waals surface area contributed by atoms with Crippen molar-refractivity contribution >= 4 is 90.4 Å². The van der Waals surface area contributed by atoms with Gasteiger partial charge in [0.05, 0.1) is 33.1 Å². The van der Waals surface area contributed by atoms with Crippen LogP contribution in [0.15, 0.2) is 73.3 Å². The summed E-state index contributed by atoms with van der Waals surface area (Å²) in [6.07, 6.45) is 4.29. The zero-order chi connectivity index (χ0) is 70.8. The van der Waals surface area contributed by atoms with Gasteiger partial charge in [-0.15, -0.1) is 49.5 Å². The topological polar surface area (TPSA) is 374 Å². The molecule has 39 heteroatoms. The summed E-state index contributed by atoms with van der Waals surface area (Å²) in [7, 11) is 8.05. The number of ether oxygens (including phenoxy) is 2. The number of hydrogen-bond donors (Lipinski definition) is 6. The molecule has 0 saturated heterocycles. The predicted molar refractivity (Wildman–Crippen MR) is 337 cm³/mol. The molecule has 0 atom stereocenters. The van der Waals surface area contributed by atoms with E-state index in [0.29, 0.717) is 36.5 Å². The molecule has 96 heavy (non-hydrogen) atoms. The van der Waals surface area contributed by atoms with Crippen LogP contribution in [0.3, 0.4) is 0 Å². The minimum absolute atomic E-state index is 0. The van der Waals surface area contributed by atoms with Crippen molar-refractivity contribution in [3.63, 3.8) is 0 Å². The fraction of sp³-hybridized carbons (Fsp3) is 0.474. The molecule has 2 saturated carbocycles. The molecule has 2 aromatic carbocycles. The van der Waals surface area contributed by atoms with Crippen LogP contribution in [0.25, 0.3) is 0 Å². The maximum Gasteiger partial charge on any atom is 1.00 e. The predicted octanol–water partition coefficient (Wildman–Crippen LogP) is 7.15. The van der Waals surface area contributed by atoms with Gasteiger partial charge in [-0.1, -0.05) is 36.4 Å². The number of rotatable bonds is 20. The Morgan fingerprint density at radius 2 is 1.04 bits per heavy atom. The first kappa shape index (κ1) is 83.9. The summed E-state index contributed by atoms with van der Waals surface area (Å²) in [5.74, 6) is -1.59. The molecule has 4 heterocycles. The molecule has 2 fully saturated rings. The number of nitro groups is 2. The Hall–Kier alpha value is -8.16. The minimum Gasteiger partial charge on any atom is -0.793 e. The van der Waals surface area contributed by atoms with Crippen molar-refractivity contribution in [2.75, 3.05) is 39.7 Å². The number of anilines is 4.